The standard InChI is InChI=1S/C19H24N4O6S/c1-3-5-10-23(4-2)30(25,26)15-8-6-14(7-9-15)17(24)20-19-22-21-18(29-19)16-13-27-11-12-28-16/h6-9,13H,3-5,10-12H2,1-2H3,(H,20,22,24). The number of anilines is 1. The molecular weight excluding hydrogens is 412 g/mol. The van der Waals surface area contributed by atoms with Crippen molar-refractivity contribution in [2.75, 3.05) is 31.6 Å². The van der Waals surface area contributed by atoms with Crippen LogP contribution in [0.25, 0.3) is 5.76 Å². The minimum atomic E-state index is -3.61. The van der Waals surface area contributed by atoms with Crippen molar-refractivity contribution in [2.45, 2.75) is 31.6 Å². The summed E-state index contributed by atoms with van der Waals surface area (Å²) in [5.74, 6) is -0.146. The lowest BCUT2D eigenvalue weighted by atomic mass is 10.2. The average molecular weight is 436 g/mol. The van der Waals surface area contributed by atoms with Crippen LogP contribution in [0.2, 0.25) is 0 Å². The van der Waals surface area contributed by atoms with Gasteiger partial charge in [-0.2, -0.15) is 4.31 Å². The third kappa shape index (κ3) is 4.97. The van der Waals surface area contributed by atoms with Gasteiger partial charge in [-0.25, -0.2) is 8.42 Å². The van der Waals surface area contributed by atoms with E-state index in [0.29, 0.717) is 26.3 Å². The van der Waals surface area contributed by atoms with Gasteiger partial charge in [0.25, 0.3) is 11.8 Å². The van der Waals surface area contributed by atoms with Crippen LogP contribution in [0.15, 0.2) is 39.8 Å². The number of hydrogen-bond donors (Lipinski definition) is 1. The van der Waals surface area contributed by atoms with E-state index in [-0.39, 0.29) is 28.1 Å². The first-order chi connectivity index (χ1) is 14.5. The van der Waals surface area contributed by atoms with E-state index in [4.69, 9.17) is 13.9 Å². The van der Waals surface area contributed by atoms with Gasteiger partial charge in [-0.15, -0.1) is 5.10 Å². The molecule has 0 spiro atoms. The van der Waals surface area contributed by atoms with Crippen molar-refractivity contribution in [3.63, 3.8) is 0 Å². The predicted molar refractivity (Wildman–Crippen MR) is 108 cm³/mol. The van der Waals surface area contributed by atoms with E-state index < -0.39 is 15.9 Å². The molecule has 2 aromatic rings. The Kier molecular flexibility index (Phi) is 7.06. The monoisotopic (exact) mass is 436 g/mol. The number of unbranched alkanes of at least 4 members (excludes halogenated alkanes) is 1. The first kappa shape index (κ1) is 21.8. The summed E-state index contributed by atoms with van der Waals surface area (Å²) in [7, 11) is -3.61. The molecule has 1 aliphatic rings. The van der Waals surface area contributed by atoms with Crippen molar-refractivity contribution in [2.24, 2.45) is 0 Å². The van der Waals surface area contributed by atoms with Gasteiger partial charge in [-0.3, -0.25) is 10.1 Å². The zero-order valence-corrected chi connectivity index (χ0v) is 17.6. The highest BCUT2D eigenvalue weighted by atomic mass is 32.2. The molecule has 1 aromatic heterocycles. The Bertz CT molecular complexity index is 1000. The van der Waals surface area contributed by atoms with Gasteiger partial charge in [0.1, 0.15) is 19.5 Å². The Hall–Kier alpha value is -2.92. The number of aromatic nitrogens is 2. The third-order valence-corrected chi connectivity index (χ3v) is 6.36. The van der Waals surface area contributed by atoms with Gasteiger partial charge in [0.15, 0.2) is 0 Å². The van der Waals surface area contributed by atoms with Crippen molar-refractivity contribution in [1.82, 2.24) is 14.5 Å². The molecule has 11 heteroatoms. The van der Waals surface area contributed by atoms with E-state index >= 15 is 0 Å². The molecule has 1 aliphatic heterocycles. The second-order valence-electron chi connectivity index (χ2n) is 6.44. The Labute approximate surface area is 174 Å². The number of nitrogens with zero attached hydrogens (tertiary/aromatic N) is 3. The van der Waals surface area contributed by atoms with Crippen molar-refractivity contribution in [3.8, 4) is 0 Å². The van der Waals surface area contributed by atoms with Crippen LogP contribution >= 0.6 is 0 Å². The molecule has 1 aromatic carbocycles. The van der Waals surface area contributed by atoms with E-state index in [1.54, 1.807) is 6.92 Å². The van der Waals surface area contributed by atoms with Crippen LogP contribution in [0.5, 0.6) is 0 Å². The number of sulfonamides is 1. The summed E-state index contributed by atoms with van der Waals surface area (Å²) >= 11 is 0. The molecular formula is C19H24N4O6S. The van der Waals surface area contributed by atoms with E-state index in [2.05, 4.69) is 15.5 Å². The number of amides is 1. The average Bonchev–Trinajstić information content (AvgIpc) is 3.23. The molecule has 2 heterocycles. The quantitative estimate of drug-likeness (QED) is 0.636. The normalized spacial score (nSPS) is 14.0. The maximum atomic E-state index is 12.8. The molecule has 0 radical (unpaired) electrons. The third-order valence-electron chi connectivity index (χ3n) is 4.37. The van der Waals surface area contributed by atoms with Crippen molar-refractivity contribution >= 4 is 27.7 Å². The fourth-order valence-electron chi connectivity index (χ4n) is 2.73. The van der Waals surface area contributed by atoms with Gasteiger partial charge in [0, 0.05) is 18.7 Å². The Morgan fingerprint density at radius 1 is 1.17 bits per heavy atom. The molecule has 0 saturated heterocycles. The summed E-state index contributed by atoms with van der Waals surface area (Å²) in [5, 5.41) is 10.0. The summed E-state index contributed by atoms with van der Waals surface area (Å²) in [6.07, 6.45) is 3.05. The Balaban J connectivity index is 1.68. The summed E-state index contributed by atoms with van der Waals surface area (Å²) in [6, 6.07) is 5.59. The summed E-state index contributed by atoms with van der Waals surface area (Å²) in [6.45, 7) is 5.44. The molecule has 30 heavy (non-hydrogen) atoms. The maximum Gasteiger partial charge on any atom is 0.322 e. The van der Waals surface area contributed by atoms with Crippen LogP contribution in [0.4, 0.5) is 6.01 Å². The van der Waals surface area contributed by atoms with E-state index in [1.807, 2.05) is 6.92 Å². The molecule has 0 aliphatic carbocycles. The Morgan fingerprint density at radius 3 is 2.57 bits per heavy atom. The highest BCUT2D eigenvalue weighted by Gasteiger charge is 2.23. The number of rotatable bonds is 9. The van der Waals surface area contributed by atoms with Crippen molar-refractivity contribution in [3.05, 3.63) is 42.0 Å². The number of benzene rings is 1. The van der Waals surface area contributed by atoms with Crippen molar-refractivity contribution < 1.29 is 27.1 Å². The lowest BCUT2D eigenvalue weighted by Gasteiger charge is -2.20. The summed E-state index contributed by atoms with van der Waals surface area (Å²) in [4.78, 5) is 12.6. The lowest BCUT2D eigenvalue weighted by molar-refractivity contribution is 0.102. The molecule has 3 rings (SSSR count). The van der Waals surface area contributed by atoms with Crippen LogP contribution < -0.4 is 5.32 Å². The van der Waals surface area contributed by atoms with Crippen molar-refractivity contribution in [1.29, 1.82) is 0 Å². The fraction of sp³-hybridized carbons (Fsp3) is 0.421. The van der Waals surface area contributed by atoms with E-state index in [1.165, 1.54) is 34.8 Å². The maximum absolute atomic E-state index is 12.8. The molecule has 1 N–H and O–H groups in total. The van der Waals surface area contributed by atoms with Gasteiger partial charge >= 0.3 is 6.01 Å². The molecule has 162 valence electrons. The molecule has 0 saturated carbocycles. The molecule has 0 unspecified atom stereocenters. The second kappa shape index (κ2) is 9.72. The van der Waals surface area contributed by atoms with E-state index in [9.17, 15) is 13.2 Å². The molecule has 0 bridgehead atoms. The largest absolute Gasteiger partial charge is 0.494 e. The van der Waals surface area contributed by atoms with Crippen LogP contribution in [0, 0.1) is 0 Å². The highest BCUT2D eigenvalue weighted by Crippen LogP contribution is 2.20. The predicted octanol–water partition coefficient (Wildman–Crippen LogP) is 2.48. The van der Waals surface area contributed by atoms with Crippen LogP contribution in [-0.4, -0.2) is 55.1 Å². The highest BCUT2D eigenvalue weighted by molar-refractivity contribution is 7.89. The fourth-order valence-corrected chi connectivity index (χ4v) is 4.22. The van der Waals surface area contributed by atoms with Gasteiger partial charge in [0.2, 0.25) is 15.8 Å². The number of hydrogen-bond acceptors (Lipinski definition) is 8. The van der Waals surface area contributed by atoms with Gasteiger partial charge in [-0.1, -0.05) is 25.4 Å². The first-order valence-corrected chi connectivity index (χ1v) is 11.1. The number of ether oxygens (including phenoxy) is 2. The zero-order valence-electron chi connectivity index (χ0n) is 16.8. The second-order valence-corrected chi connectivity index (χ2v) is 8.38. The zero-order chi connectivity index (χ0) is 21.6. The lowest BCUT2D eigenvalue weighted by Crippen LogP contribution is -2.31. The van der Waals surface area contributed by atoms with Crippen LogP contribution in [0.3, 0.4) is 0 Å². The molecule has 10 nitrogen and oxygen atoms in total. The van der Waals surface area contributed by atoms with Crippen LogP contribution in [-0.2, 0) is 19.5 Å². The topological polar surface area (TPSA) is 124 Å². The van der Waals surface area contributed by atoms with Gasteiger partial charge < -0.3 is 13.9 Å². The molecule has 0 fully saturated rings. The van der Waals surface area contributed by atoms with Gasteiger partial charge in [-0.05, 0) is 30.7 Å². The number of carbonyl (C=O) groups is 1. The first-order valence-electron chi connectivity index (χ1n) is 9.65. The summed E-state index contributed by atoms with van der Waals surface area (Å²) in [5.41, 5.74) is 0.252. The Morgan fingerprint density at radius 2 is 1.93 bits per heavy atom. The minimum Gasteiger partial charge on any atom is -0.494 e. The minimum absolute atomic E-state index is 0.0816. The van der Waals surface area contributed by atoms with Crippen LogP contribution in [0.1, 0.15) is 42.9 Å². The number of nitrogens with one attached hydrogen (secondary N) is 1. The molecule has 1 amide bonds. The summed E-state index contributed by atoms with van der Waals surface area (Å²) < 4.78 is 42.8. The smallest absolute Gasteiger partial charge is 0.322 e. The number of carbonyl (C=O) groups excluding carboxylic acids is 1. The van der Waals surface area contributed by atoms with Gasteiger partial charge in [0.05, 0.1) is 4.90 Å². The molecule has 0 atom stereocenters. The SMILES string of the molecule is CCCCN(CC)S(=O)(=O)c1ccc(C(=O)Nc2nnc(C3=COCCO3)o2)cc1. The van der Waals surface area contributed by atoms with E-state index in [0.717, 1.165) is 12.8 Å².